The SMILES string of the molecule is [O-]C([O-])=C1C=CC=C1. The molecular weight excluding hydrogens is 104 g/mol. The second kappa shape index (κ2) is 1.74. The predicted molar refractivity (Wildman–Crippen MR) is 25.3 cm³/mol. The predicted octanol–water partition coefficient (Wildman–Crippen LogP) is -0.955. The molecule has 0 N–H and O–H groups in total. The first-order valence-corrected chi connectivity index (χ1v) is 2.24. The van der Waals surface area contributed by atoms with Gasteiger partial charge >= 0.3 is 0 Å². The summed E-state index contributed by atoms with van der Waals surface area (Å²) in [4.78, 5) is 0. The summed E-state index contributed by atoms with van der Waals surface area (Å²) in [5.41, 5.74) is 0.241. The van der Waals surface area contributed by atoms with Crippen LogP contribution in [0.2, 0.25) is 0 Å². The Bertz CT molecular complexity index is 157. The molecule has 1 aliphatic carbocycles. The summed E-state index contributed by atoms with van der Waals surface area (Å²) >= 11 is 0. The first-order valence-electron chi connectivity index (χ1n) is 2.24. The van der Waals surface area contributed by atoms with E-state index in [2.05, 4.69) is 0 Å². The molecule has 42 valence electrons. The average Bonchev–Trinajstić information content (AvgIpc) is 2.12. The number of hydrogen-bond acceptors (Lipinski definition) is 2. The maximum Gasteiger partial charge on any atom is -0.0492 e. The smallest absolute Gasteiger partial charge is 0.0492 e. The summed E-state index contributed by atoms with van der Waals surface area (Å²) in [5, 5.41) is 19.9. The van der Waals surface area contributed by atoms with Gasteiger partial charge in [0, 0.05) is 0 Å². The van der Waals surface area contributed by atoms with E-state index in [0.29, 0.717) is 0 Å². The summed E-state index contributed by atoms with van der Waals surface area (Å²) in [6.45, 7) is 0. The second-order valence-corrected chi connectivity index (χ2v) is 1.46. The van der Waals surface area contributed by atoms with Crippen molar-refractivity contribution in [1.82, 2.24) is 0 Å². The van der Waals surface area contributed by atoms with Crippen LogP contribution in [-0.4, -0.2) is 0 Å². The van der Waals surface area contributed by atoms with E-state index in [9.17, 15) is 10.2 Å². The monoisotopic (exact) mass is 108 g/mol. The van der Waals surface area contributed by atoms with Gasteiger partial charge in [-0.3, -0.25) is 0 Å². The van der Waals surface area contributed by atoms with Gasteiger partial charge in [0.15, 0.2) is 0 Å². The van der Waals surface area contributed by atoms with Crippen LogP contribution < -0.4 is 10.2 Å². The quantitative estimate of drug-likeness (QED) is 0.375. The third-order valence-electron chi connectivity index (χ3n) is 0.898. The fraction of sp³-hybridized carbons (Fsp3) is 0. The van der Waals surface area contributed by atoms with Crippen LogP contribution in [0, 0.1) is 0 Å². The molecule has 0 amide bonds. The number of allylic oxidation sites excluding steroid dienone is 5. The average molecular weight is 108 g/mol. The highest BCUT2D eigenvalue weighted by Gasteiger charge is 1.84. The topological polar surface area (TPSA) is 46.1 Å². The zero-order valence-electron chi connectivity index (χ0n) is 4.13. The van der Waals surface area contributed by atoms with Crippen molar-refractivity contribution in [2.45, 2.75) is 0 Å². The molecule has 0 saturated heterocycles. The van der Waals surface area contributed by atoms with Crippen LogP contribution in [0.5, 0.6) is 0 Å². The molecule has 0 radical (unpaired) electrons. The van der Waals surface area contributed by atoms with E-state index in [1.807, 2.05) is 0 Å². The van der Waals surface area contributed by atoms with E-state index in [-0.39, 0.29) is 5.57 Å². The molecule has 0 aromatic heterocycles. The van der Waals surface area contributed by atoms with Gasteiger partial charge in [0.05, 0.1) is 0 Å². The molecule has 0 spiro atoms. The van der Waals surface area contributed by atoms with Crippen LogP contribution in [0.15, 0.2) is 35.8 Å². The molecule has 0 aliphatic heterocycles. The molecule has 0 heterocycles. The Balaban J connectivity index is 2.90. The van der Waals surface area contributed by atoms with Crippen LogP contribution >= 0.6 is 0 Å². The lowest BCUT2D eigenvalue weighted by Crippen LogP contribution is -2.19. The van der Waals surface area contributed by atoms with Crippen molar-refractivity contribution in [1.29, 1.82) is 0 Å². The van der Waals surface area contributed by atoms with Crippen LogP contribution in [0.4, 0.5) is 0 Å². The lowest BCUT2D eigenvalue weighted by Gasteiger charge is -2.18. The van der Waals surface area contributed by atoms with Crippen LogP contribution in [0.3, 0.4) is 0 Å². The molecule has 0 aromatic carbocycles. The maximum atomic E-state index is 9.95. The standard InChI is InChI=1S/C6H6O2/c7-6(8)5-3-1-2-4-5/h1-4,7-8H/p-2. The van der Waals surface area contributed by atoms with E-state index in [1.165, 1.54) is 12.2 Å². The van der Waals surface area contributed by atoms with Crippen molar-refractivity contribution in [3.63, 3.8) is 0 Å². The third-order valence-corrected chi connectivity index (χ3v) is 0.898. The summed E-state index contributed by atoms with van der Waals surface area (Å²) < 4.78 is 0. The van der Waals surface area contributed by atoms with Crippen molar-refractivity contribution in [2.75, 3.05) is 0 Å². The Morgan fingerprint density at radius 1 is 1.12 bits per heavy atom. The van der Waals surface area contributed by atoms with Gasteiger partial charge in [0.25, 0.3) is 0 Å². The van der Waals surface area contributed by atoms with Crippen molar-refractivity contribution >= 4 is 0 Å². The van der Waals surface area contributed by atoms with Gasteiger partial charge < -0.3 is 10.2 Å². The Labute approximate surface area is 47.1 Å². The summed E-state index contributed by atoms with van der Waals surface area (Å²) in [7, 11) is 0. The van der Waals surface area contributed by atoms with Crippen molar-refractivity contribution < 1.29 is 10.2 Å². The Morgan fingerprint density at radius 2 is 1.62 bits per heavy atom. The molecular formula is C6H4O2-2. The number of hydrogen-bond donors (Lipinski definition) is 0. The highest BCUT2D eigenvalue weighted by Crippen LogP contribution is 2.05. The Kier molecular flexibility index (Phi) is 1.08. The fourth-order valence-corrected chi connectivity index (χ4v) is 0.510. The molecule has 0 atom stereocenters. The van der Waals surface area contributed by atoms with Crippen LogP contribution in [0.25, 0.3) is 0 Å². The molecule has 1 rings (SSSR count). The van der Waals surface area contributed by atoms with Gasteiger partial charge in [-0.25, -0.2) is 0 Å². The van der Waals surface area contributed by atoms with E-state index in [4.69, 9.17) is 0 Å². The first-order chi connectivity index (χ1) is 3.80. The molecule has 1 aliphatic rings. The molecule has 0 saturated carbocycles. The van der Waals surface area contributed by atoms with Crippen LogP contribution in [-0.2, 0) is 0 Å². The minimum absolute atomic E-state index is 0.241. The van der Waals surface area contributed by atoms with Gasteiger partial charge in [0.1, 0.15) is 0 Å². The highest BCUT2D eigenvalue weighted by molar-refractivity contribution is 5.39. The zero-order valence-corrected chi connectivity index (χ0v) is 4.13. The van der Waals surface area contributed by atoms with E-state index in [0.717, 1.165) is 0 Å². The minimum Gasteiger partial charge on any atom is -0.884 e. The van der Waals surface area contributed by atoms with Gasteiger partial charge in [-0.2, -0.15) is 5.95 Å². The van der Waals surface area contributed by atoms with E-state index in [1.54, 1.807) is 12.2 Å². The molecule has 8 heavy (non-hydrogen) atoms. The van der Waals surface area contributed by atoms with Gasteiger partial charge in [0.2, 0.25) is 0 Å². The molecule has 2 nitrogen and oxygen atoms in total. The largest absolute Gasteiger partial charge is 0.884 e. The normalized spacial score (nSPS) is 15.2. The maximum absolute atomic E-state index is 9.95. The molecule has 0 unspecified atom stereocenters. The Hall–Kier alpha value is -1.18. The fourth-order valence-electron chi connectivity index (χ4n) is 0.510. The lowest BCUT2D eigenvalue weighted by molar-refractivity contribution is -0.514. The number of rotatable bonds is 0. The van der Waals surface area contributed by atoms with Crippen molar-refractivity contribution in [3.8, 4) is 0 Å². The highest BCUT2D eigenvalue weighted by atomic mass is 16.5. The summed E-state index contributed by atoms with van der Waals surface area (Å²) in [6.07, 6.45) is 6.31. The molecule has 2 heteroatoms. The van der Waals surface area contributed by atoms with Crippen molar-refractivity contribution in [2.24, 2.45) is 0 Å². The molecule has 0 fully saturated rings. The minimum atomic E-state index is -1.12. The lowest BCUT2D eigenvalue weighted by atomic mass is 10.3. The molecule has 0 aromatic rings. The first kappa shape index (κ1) is 4.97. The summed E-state index contributed by atoms with van der Waals surface area (Å²) in [5.74, 6) is -1.12. The molecule has 0 bridgehead atoms. The van der Waals surface area contributed by atoms with Gasteiger partial charge in [-0.05, 0) is 5.57 Å². The summed E-state index contributed by atoms with van der Waals surface area (Å²) in [6, 6.07) is 0. The van der Waals surface area contributed by atoms with E-state index < -0.39 is 5.95 Å². The third kappa shape index (κ3) is 0.729. The second-order valence-electron chi connectivity index (χ2n) is 1.46. The van der Waals surface area contributed by atoms with Gasteiger partial charge in [-0.1, -0.05) is 24.3 Å². The van der Waals surface area contributed by atoms with E-state index >= 15 is 0 Å². The van der Waals surface area contributed by atoms with Gasteiger partial charge in [-0.15, -0.1) is 0 Å². The van der Waals surface area contributed by atoms with Crippen LogP contribution in [0.1, 0.15) is 0 Å². The zero-order chi connectivity index (χ0) is 5.98. The Morgan fingerprint density at radius 3 is 1.88 bits per heavy atom. The van der Waals surface area contributed by atoms with Crippen molar-refractivity contribution in [3.05, 3.63) is 35.8 Å².